The molecule has 0 radical (unpaired) electrons. The van der Waals surface area contributed by atoms with Gasteiger partial charge >= 0.3 is 11.9 Å². The Kier molecular flexibility index (Phi) is 3.26. The number of ether oxygens (including phenoxy) is 2. The van der Waals surface area contributed by atoms with E-state index < -0.39 is 42.5 Å². The van der Waals surface area contributed by atoms with Crippen molar-refractivity contribution in [1.82, 2.24) is 0 Å². The van der Waals surface area contributed by atoms with Crippen LogP contribution >= 0.6 is 0 Å². The Morgan fingerprint density at radius 3 is 1.67 bits per heavy atom. The van der Waals surface area contributed by atoms with Gasteiger partial charge in [0.25, 0.3) is 0 Å². The summed E-state index contributed by atoms with van der Waals surface area (Å²) in [5, 5.41) is 0. The molecule has 15 heavy (non-hydrogen) atoms. The highest BCUT2D eigenvalue weighted by Crippen LogP contribution is 2.44. The zero-order valence-corrected chi connectivity index (χ0v) is 8.46. The summed E-state index contributed by atoms with van der Waals surface area (Å²) in [5.41, 5.74) is 0. The third-order valence-electron chi connectivity index (χ3n) is 2.53. The molecule has 0 heterocycles. The van der Waals surface area contributed by atoms with Crippen molar-refractivity contribution in [2.24, 2.45) is 11.8 Å². The second kappa shape index (κ2) is 4.12. The van der Waals surface area contributed by atoms with Gasteiger partial charge in [0.1, 0.15) is 0 Å². The van der Waals surface area contributed by atoms with Crippen LogP contribution in [0.15, 0.2) is 0 Å². The summed E-state index contributed by atoms with van der Waals surface area (Å²) in [6.07, 6.45) is -1.31. The molecule has 0 saturated heterocycles. The lowest BCUT2D eigenvalue weighted by molar-refractivity contribution is -0.156. The van der Waals surface area contributed by atoms with E-state index in [1.807, 2.05) is 0 Å². The summed E-state index contributed by atoms with van der Waals surface area (Å²) in [5.74, 6) is -6.78. The number of alkyl halides is 2. The van der Waals surface area contributed by atoms with Gasteiger partial charge in [-0.15, -0.1) is 0 Å². The van der Waals surface area contributed by atoms with Crippen molar-refractivity contribution in [3.05, 3.63) is 0 Å². The molecule has 0 aromatic rings. The Balaban J connectivity index is 2.83. The highest BCUT2D eigenvalue weighted by atomic mass is 19.3. The molecular weight excluding hydrogens is 210 g/mol. The second-order valence-electron chi connectivity index (χ2n) is 3.52. The second-order valence-corrected chi connectivity index (χ2v) is 3.52. The topological polar surface area (TPSA) is 52.6 Å². The van der Waals surface area contributed by atoms with Crippen molar-refractivity contribution in [2.75, 3.05) is 14.2 Å². The number of esters is 2. The maximum atomic E-state index is 13.0. The first-order valence-corrected chi connectivity index (χ1v) is 4.45. The molecule has 0 N–H and O–H groups in total. The highest BCUT2D eigenvalue weighted by Gasteiger charge is 2.53. The van der Waals surface area contributed by atoms with Crippen LogP contribution in [0.3, 0.4) is 0 Å². The van der Waals surface area contributed by atoms with Crippen LogP contribution in [0, 0.1) is 11.8 Å². The van der Waals surface area contributed by atoms with Crippen LogP contribution in [0.5, 0.6) is 0 Å². The minimum Gasteiger partial charge on any atom is -0.469 e. The van der Waals surface area contributed by atoms with Crippen LogP contribution in [-0.2, 0) is 19.1 Å². The van der Waals surface area contributed by atoms with E-state index in [-0.39, 0.29) is 0 Å². The molecule has 1 saturated carbocycles. The molecule has 0 aliphatic heterocycles. The van der Waals surface area contributed by atoms with Gasteiger partial charge < -0.3 is 9.47 Å². The minimum absolute atomic E-state index is 0.653. The Morgan fingerprint density at radius 2 is 1.40 bits per heavy atom. The van der Waals surface area contributed by atoms with Gasteiger partial charge in [-0.2, -0.15) is 0 Å². The smallest absolute Gasteiger partial charge is 0.309 e. The summed E-state index contributed by atoms with van der Waals surface area (Å²) in [6, 6.07) is 0. The molecule has 1 aliphatic rings. The molecule has 6 heteroatoms. The number of hydrogen-bond donors (Lipinski definition) is 0. The summed E-state index contributed by atoms with van der Waals surface area (Å²) >= 11 is 0. The van der Waals surface area contributed by atoms with Gasteiger partial charge in [-0.1, -0.05) is 0 Å². The Bertz CT molecular complexity index is 251. The molecule has 0 bridgehead atoms. The lowest BCUT2D eigenvalue weighted by atomic mass is 9.96. The first-order valence-electron chi connectivity index (χ1n) is 4.45. The van der Waals surface area contributed by atoms with Crippen molar-refractivity contribution in [2.45, 2.75) is 18.8 Å². The van der Waals surface area contributed by atoms with Crippen LogP contribution in [0.2, 0.25) is 0 Å². The lowest BCUT2D eigenvalue weighted by Gasteiger charge is -2.13. The molecule has 0 aromatic heterocycles. The monoisotopic (exact) mass is 222 g/mol. The fourth-order valence-electron chi connectivity index (χ4n) is 1.81. The van der Waals surface area contributed by atoms with Gasteiger partial charge in [0.2, 0.25) is 5.92 Å². The summed E-state index contributed by atoms with van der Waals surface area (Å²) in [7, 11) is 2.21. The van der Waals surface area contributed by atoms with Crippen LogP contribution in [-0.4, -0.2) is 32.1 Å². The predicted octanol–water partition coefficient (Wildman–Crippen LogP) is 0.994. The van der Waals surface area contributed by atoms with Crippen molar-refractivity contribution >= 4 is 11.9 Å². The van der Waals surface area contributed by atoms with Crippen molar-refractivity contribution in [3.63, 3.8) is 0 Å². The largest absolute Gasteiger partial charge is 0.469 e. The third-order valence-corrected chi connectivity index (χ3v) is 2.53. The maximum Gasteiger partial charge on any atom is 0.309 e. The van der Waals surface area contributed by atoms with Crippen LogP contribution < -0.4 is 0 Å². The molecule has 2 atom stereocenters. The van der Waals surface area contributed by atoms with Gasteiger partial charge in [0.05, 0.1) is 26.1 Å². The van der Waals surface area contributed by atoms with Crippen LogP contribution in [0.1, 0.15) is 12.8 Å². The van der Waals surface area contributed by atoms with Crippen molar-refractivity contribution < 1.29 is 27.8 Å². The summed E-state index contributed by atoms with van der Waals surface area (Å²) < 4.78 is 34.8. The standard InChI is InChI=1S/C9H12F2O4/c1-14-7(12)5-3-9(10,11)4-6(5)8(13)15-2/h5-6H,3-4H2,1-2H3/t5-,6?/m0/s1. The molecule has 1 rings (SSSR count). The number of methoxy groups -OCH3 is 2. The van der Waals surface area contributed by atoms with Gasteiger partial charge in [0.15, 0.2) is 0 Å². The maximum absolute atomic E-state index is 13.0. The van der Waals surface area contributed by atoms with E-state index >= 15 is 0 Å². The number of rotatable bonds is 2. The molecule has 1 aliphatic carbocycles. The van der Waals surface area contributed by atoms with E-state index in [1.165, 1.54) is 0 Å². The van der Waals surface area contributed by atoms with E-state index in [9.17, 15) is 18.4 Å². The summed E-state index contributed by atoms with van der Waals surface area (Å²) in [6.45, 7) is 0. The molecule has 0 spiro atoms. The zero-order chi connectivity index (χ0) is 11.6. The molecule has 0 amide bonds. The van der Waals surface area contributed by atoms with Crippen molar-refractivity contribution in [3.8, 4) is 0 Å². The van der Waals surface area contributed by atoms with Gasteiger partial charge in [-0.25, -0.2) is 8.78 Å². The SMILES string of the molecule is COC(=O)C1CC(F)(F)C[C@@H]1C(=O)OC. The Morgan fingerprint density at radius 1 is 1.07 bits per heavy atom. The predicted molar refractivity (Wildman–Crippen MR) is 45.2 cm³/mol. The van der Waals surface area contributed by atoms with E-state index in [4.69, 9.17) is 0 Å². The van der Waals surface area contributed by atoms with Gasteiger partial charge in [-0.3, -0.25) is 9.59 Å². The normalized spacial score (nSPS) is 28.5. The van der Waals surface area contributed by atoms with Crippen LogP contribution in [0.25, 0.3) is 0 Å². The van der Waals surface area contributed by atoms with E-state index in [1.54, 1.807) is 0 Å². The Hall–Kier alpha value is -1.20. The van der Waals surface area contributed by atoms with E-state index in [2.05, 4.69) is 9.47 Å². The third kappa shape index (κ3) is 2.43. The zero-order valence-electron chi connectivity index (χ0n) is 8.46. The van der Waals surface area contributed by atoms with E-state index in [0.717, 1.165) is 14.2 Å². The van der Waals surface area contributed by atoms with Crippen molar-refractivity contribution in [1.29, 1.82) is 0 Å². The Labute approximate surface area is 85.5 Å². The fourth-order valence-corrected chi connectivity index (χ4v) is 1.81. The molecular formula is C9H12F2O4. The minimum atomic E-state index is -3.00. The molecule has 86 valence electrons. The number of hydrogen-bond acceptors (Lipinski definition) is 4. The number of halogens is 2. The molecule has 1 fully saturated rings. The quantitative estimate of drug-likeness (QED) is 0.654. The molecule has 4 nitrogen and oxygen atoms in total. The fraction of sp³-hybridized carbons (Fsp3) is 0.778. The first kappa shape index (κ1) is 11.9. The first-order chi connectivity index (χ1) is 6.91. The molecule has 1 unspecified atom stereocenters. The number of carbonyl (C=O) groups is 2. The molecule has 0 aromatic carbocycles. The van der Waals surface area contributed by atoms with Gasteiger partial charge in [0, 0.05) is 12.8 Å². The van der Waals surface area contributed by atoms with E-state index in [0.29, 0.717) is 0 Å². The average molecular weight is 222 g/mol. The average Bonchev–Trinajstić information content (AvgIpc) is 2.52. The van der Waals surface area contributed by atoms with Crippen LogP contribution in [0.4, 0.5) is 8.78 Å². The number of carbonyl (C=O) groups excluding carboxylic acids is 2. The van der Waals surface area contributed by atoms with Gasteiger partial charge in [-0.05, 0) is 0 Å². The highest BCUT2D eigenvalue weighted by molar-refractivity contribution is 5.82. The lowest BCUT2D eigenvalue weighted by Crippen LogP contribution is -2.27. The summed E-state index contributed by atoms with van der Waals surface area (Å²) in [4.78, 5) is 22.3.